The lowest BCUT2D eigenvalue weighted by molar-refractivity contribution is -0.0720. The molecule has 0 radical (unpaired) electrons. The summed E-state index contributed by atoms with van der Waals surface area (Å²) in [5, 5.41) is 0. The Morgan fingerprint density at radius 1 is 1.29 bits per heavy atom. The molecule has 0 amide bonds. The highest BCUT2D eigenvalue weighted by Crippen LogP contribution is 2.30. The zero-order chi connectivity index (χ0) is 15.6. The molecule has 2 atom stereocenters. The van der Waals surface area contributed by atoms with Crippen LogP contribution in [0.15, 0.2) is 23.1 Å². The molecule has 3 N–H and O–H groups in total. The van der Waals surface area contributed by atoms with Gasteiger partial charge in [-0.3, -0.25) is 0 Å². The van der Waals surface area contributed by atoms with Crippen LogP contribution < -0.4 is 15.2 Å². The maximum Gasteiger partial charge on any atom is 0.240 e. The molecule has 0 bridgehead atoms. The van der Waals surface area contributed by atoms with Crippen LogP contribution in [-0.2, 0) is 14.8 Å². The Bertz CT molecular complexity index is 593. The minimum atomic E-state index is -3.51. The Morgan fingerprint density at radius 3 is 2.48 bits per heavy atom. The molecule has 21 heavy (non-hydrogen) atoms. The van der Waals surface area contributed by atoms with Gasteiger partial charge in [0.25, 0.3) is 0 Å². The molecule has 0 spiro atoms. The molecular formula is C14H22N2O4S. The fourth-order valence-electron chi connectivity index (χ4n) is 2.52. The number of hydrogen-bond donors (Lipinski definition) is 2. The monoisotopic (exact) mass is 314 g/mol. The summed E-state index contributed by atoms with van der Waals surface area (Å²) in [6.07, 6.45) is 1.71. The van der Waals surface area contributed by atoms with Crippen LogP contribution in [0.3, 0.4) is 0 Å². The van der Waals surface area contributed by atoms with Gasteiger partial charge in [0.05, 0.1) is 22.8 Å². The lowest BCUT2D eigenvalue weighted by Gasteiger charge is -2.32. The fourth-order valence-corrected chi connectivity index (χ4v) is 3.27. The SMILES string of the molecule is CNS(=O)(=O)c1ccc(N)c(OC2CC(C)OC(C)C2)c1. The van der Waals surface area contributed by atoms with Crippen molar-refractivity contribution in [2.45, 2.75) is 49.9 Å². The predicted octanol–water partition coefficient (Wildman–Crippen LogP) is 1.51. The van der Waals surface area contributed by atoms with Crippen molar-refractivity contribution in [2.24, 2.45) is 0 Å². The minimum Gasteiger partial charge on any atom is -0.488 e. The van der Waals surface area contributed by atoms with Crippen molar-refractivity contribution in [3.05, 3.63) is 18.2 Å². The molecule has 0 aliphatic carbocycles. The summed E-state index contributed by atoms with van der Waals surface area (Å²) in [6, 6.07) is 4.47. The highest BCUT2D eigenvalue weighted by atomic mass is 32.2. The molecule has 6 nitrogen and oxygen atoms in total. The van der Waals surface area contributed by atoms with E-state index in [1.165, 1.54) is 19.2 Å². The third-order valence-corrected chi connectivity index (χ3v) is 4.92. The van der Waals surface area contributed by atoms with E-state index in [-0.39, 0.29) is 23.2 Å². The number of ether oxygens (including phenoxy) is 2. The third-order valence-electron chi connectivity index (χ3n) is 3.51. The molecular weight excluding hydrogens is 292 g/mol. The van der Waals surface area contributed by atoms with Gasteiger partial charge in [0, 0.05) is 18.9 Å². The van der Waals surface area contributed by atoms with E-state index in [0.29, 0.717) is 11.4 Å². The molecule has 2 unspecified atom stereocenters. The van der Waals surface area contributed by atoms with Crippen LogP contribution in [0, 0.1) is 0 Å². The van der Waals surface area contributed by atoms with Gasteiger partial charge >= 0.3 is 0 Å². The van der Waals surface area contributed by atoms with Crippen LogP contribution in [0.25, 0.3) is 0 Å². The number of nitrogens with one attached hydrogen (secondary N) is 1. The smallest absolute Gasteiger partial charge is 0.240 e. The van der Waals surface area contributed by atoms with Gasteiger partial charge in [-0.2, -0.15) is 0 Å². The first kappa shape index (κ1) is 16.1. The minimum absolute atomic E-state index is 0.0291. The third kappa shape index (κ3) is 3.87. The first-order chi connectivity index (χ1) is 9.81. The Hall–Kier alpha value is -1.31. The molecule has 1 saturated heterocycles. The van der Waals surface area contributed by atoms with Crippen LogP contribution in [0.4, 0.5) is 5.69 Å². The van der Waals surface area contributed by atoms with E-state index in [2.05, 4.69) is 4.72 Å². The Kier molecular flexibility index (Phi) is 4.75. The van der Waals surface area contributed by atoms with Gasteiger partial charge in [-0.1, -0.05) is 0 Å². The Labute approximate surface area is 125 Å². The zero-order valence-electron chi connectivity index (χ0n) is 12.5. The number of nitrogen functional groups attached to an aromatic ring is 1. The molecule has 2 rings (SSSR count). The lowest BCUT2D eigenvalue weighted by Crippen LogP contribution is -2.35. The molecule has 7 heteroatoms. The average molecular weight is 314 g/mol. The number of benzene rings is 1. The first-order valence-electron chi connectivity index (χ1n) is 6.97. The van der Waals surface area contributed by atoms with Crippen molar-refractivity contribution in [1.82, 2.24) is 4.72 Å². The van der Waals surface area contributed by atoms with E-state index in [0.717, 1.165) is 12.8 Å². The normalized spacial score (nSPS) is 26.5. The number of sulfonamides is 1. The zero-order valence-corrected chi connectivity index (χ0v) is 13.3. The van der Waals surface area contributed by atoms with E-state index in [4.69, 9.17) is 15.2 Å². The summed E-state index contributed by atoms with van der Waals surface area (Å²) in [6.45, 7) is 3.99. The number of nitrogens with two attached hydrogens (primary N) is 1. The van der Waals surface area contributed by atoms with Gasteiger partial charge in [-0.25, -0.2) is 13.1 Å². The van der Waals surface area contributed by atoms with Gasteiger partial charge in [-0.05, 0) is 33.0 Å². The second-order valence-electron chi connectivity index (χ2n) is 5.38. The van der Waals surface area contributed by atoms with Crippen molar-refractivity contribution in [3.8, 4) is 5.75 Å². The average Bonchev–Trinajstić information content (AvgIpc) is 2.40. The predicted molar refractivity (Wildman–Crippen MR) is 80.8 cm³/mol. The molecule has 0 aromatic heterocycles. The van der Waals surface area contributed by atoms with Gasteiger partial charge < -0.3 is 15.2 Å². The summed E-state index contributed by atoms with van der Waals surface area (Å²) in [7, 11) is -2.14. The van der Waals surface area contributed by atoms with Crippen molar-refractivity contribution >= 4 is 15.7 Å². The maximum atomic E-state index is 11.8. The molecule has 1 aliphatic heterocycles. The van der Waals surface area contributed by atoms with Crippen molar-refractivity contribution in [2.75, 3.05) is 12.8 Å². The summed E-state index contributed by atoms with van der Waals surface area (Å²) in [4.78, 5) is 0.141. The van der Waals surface area contributed by atoms with Crippen molar-refractivity contribution in [3.63, 3.8) is 0 Å². The van der Waals surface area contributed by atoms with Crippen LogP contribution >= 0.6 is 0 Å². The van der Waals surface area contributed by atoms with Crippen LogP contribution in [0.2, 0.25) is 0 Å². The first-order valence-corrected chi connectivity index (χ1v) is 8.45. The topological polar surface area (TPSA) is 90.7 Å². The Balaban J connectivity index is 2.21. The summed E-state index contributed by atoms with van der Waals surface area (Å²) < 4.78 is 37.5. The van der Waals surface area contributed by atoms with Gasteiger partial charge in [0.2, 0.25) is 10.0 Å². The lowest BCUT2D eigenvalue weighted by atomic mass is 10.0. The highest BCUT2D eigenvalue weighted by Gasteiger charge is 2.26. The molecule has 1 aliphatic rings. The fraction of sp³-hybridized carbons (Fsp3) is 0.571. The van der Waals surface area contributed by atoms with Crippen LogP contribution in [-0.4, -0.2) is 33.8 Å². The van der Waals surface area contributed by atoms with Crippen molar-refractivity contribution in [1.29, 1.82) is 0 Å². The highest BCUT2D eigenvalue weighted by molar-refractivity contribution is 7.89. The summed E-state index contributed by atoms with van der Waals surface area (Å²) in [5.41, 5.74) is 6.32. The molecule has 1 aromatic rings. The molecule has 118 valence electrons. The van der Waals surface area contributed by atoms with E-state index in [9.17, 15) is 8.42 Å². The van der Waals surface area contributed by atoms with Gasteiger partial charge in [0.1, 0.15) is 11.9 Å². The van der Waals surface area contributed by atoms with Gasteiger partial charge in [0.15, 0.2) is 0 Å². The van der Waals surface area contributed by atoms with Crippen LogP contribution in [0.1, 0.15) is 26.7 Å². The second-order valence-corrected chi connectivity index (χ2v) is 7.26. The van der Waals surface area contributed by atoms with Crippen LogP contribution in [0.5, 0.6) is 5.75 Å². The van der Waals surface area contributed by atoms with Gasteiger partial charge in [-0.15, -0.1) is 0 Å². The van der Waals surface area contributed by atoms with E-state index < -0.39 is 10.0 Å². The second kappa shape index (κ2) is 6.21. The molecule has 1 fully saturated rings. The summed E-state index contributed by atoms with van der Waals surface area (Å²) >= 11 is 0. The van der Waals surface area contributed by atoms with E-state index in [1.807, 2.05) is 13.8 Å². The Morgan fingerprint density at radius 2 is 1.90 bits per heavy atom. The molecule has 0 saturated carbocycles. The largest absolute Gasteiger partial charge is 0.488 e. The molecule has 1 aromatic carbocycles. The number of hydrogen-bond acceptors (Lipinski definition) is 5. The molecule has 1 heterocycles. The van der Waals surface area contributed by atoms with Crippen molar-refractivity contribution < 1.29 is 17.9 Å². The summed E-state index contributed by atoms with van der Waals surface area (Å²) in [5.74, 6) is 0.401. The quantitative estimate of drug-likeness (QED) is 0.822. The standard InChI is InChI=1S/C14H22N2O4S/c1-9-6-11(7-10(2)19-9)20-14-8-12(4-5-13(14)15)21(17,18)16-3/h4-5,8-11,16H,6-7,15H2,1-3H3. The van der Waals surface area contributed by atoms with E-state index in [1.54, 1.807) is 6.07 Å². The van der Waals surface area contributed by atoms with E-state index >= 15 is 0 Å². The number of anilines is 1. The maximum absolute atomic E-state index is 11.8. The number of rotatable bonds is 4.